The minimum Gasteiger partial charge on any atom is -0.507 e. The molecule has 2 heterocycles. The number of aryl methyl sites for hydroxylation is 1. The fourth-order valence-corrected chi connectivity index (χ4v) is 3.52. The van der Waals surface area contributed by atoms with Crippen molar-refractivity contribution in [2.24, 2.45) is 0 Å². The summed E-state index contributed by atoms with van der Waals surface area (Å²) in [6.07, 6.45) is 4.48. The molecule has 0 aliphatic carbocycles. The number of rotatable bonds is 2. The van der Waals surface area contributed by atoms with Crippen LogP contribution in [0, 0.1) is 6.92 Å². The van der Waals surface area contributed by atoms with Crippen LogP contribution in [0.1, 0.15) is 41.6 Å². The quantitative estimate of drug-likeness (QED) is 0.882. The van der Waals surface area contributed by atoms with Crippen molar-refractivity contribution in [3.05, 3.63) is 29.3 Å². The molecule has 3 rings (SSSR count). The molecule has 2 unspecified atom stereocenters. The van der Waals surface area contributed by atoms with Gasteiger partial charge in [0.1, 0.15) is 5.75 Å². The number of fused-ring (bicyclic) bond motifs is 2. The zero-order chi connectivity index (χ0) is 14.3. The van der Waals surface area contributed by atoms with E-state index >= 15 is 0 Å². The molecule has 116 valence electrons. The number of carbonyl (C=O) groups excluding carboxylic acids is 1. The number of amides is 1. The van der Waals surface area contributed by atoms with Gasteiger partial charge in [-0.05, 0) is 44.7 Å². The number of phenolic OH excluding ortho intramolecular Hbond substituents is 1. The molecule has 0 saturated carbocycles. The summed E-state index contributed by atoms with van der Waals surface area (Å²) in [7, 11) is 1.86. The highest BCUT2D eigenvalue weighted by atomic mass is 35.5. The number of halogens is 1. The van der Waals surface area contributed by atoms with Crippen molar-refractivity contribution in [2.75, 3.05) is 7.05 Å². The van der Waals surface area contributed by atoms with Crippen LogP contribution in [0.25, 0.3) is 0 Å². The van der Waals surface area contributed by atoms with Gasteiger partial charge < -0.3 is 15.3 Å². The molecule has 4 nitrogen and oxygen atoms in total. The smallest absolute Gasteiger partial charge is 0.257 e. The van der Waals surface area contributed by atoms with Crippen LogP contribution in [0.3, 0.4) is 0 Å². The highest BCUT2D eigenvalue weighted by Gasteiger charge is 2.36. The third kappa shape index (κ3) is 3.16. The number of hydrogen-bond donors (Lipinski definition) is 2. The van der Waals surface area contributed by atoms with Gasteiger partial charge in [0, 0.05) is 25.2 Å². The number of phenols is 1. The first-order chi connectivity index (χ1) is 9.54. The lowest BCUT2D eigenvalue weighted by atomic mass is 9.97. The van der Waals surface area contributed by atoms with E-state index in [4.69, 9.17) is 0 Å². The summed E-state index contributed by atoms with van der Waals surface area (Å²) in [6, 6.07) is 6.57. The minimum atomic E-state index is -0.0718. The average molecular weight is 311 g/mol. The van der Waals surface area contributed by atoms with Crippen molar-refractivity contribution >= 4 is 18.3 Å². The molecular weight excluding hydrogens is 288 g/mol. The molecule has 2 aliphatic heterocycles. The SMILES string of the molecule is Cc1ccc(O)c(C(=O)N(C)C2CC3CCC(C2)N3)c1.Cl. The van der Waals surface area contributed by atoms with E-state index in [0.717, 1.165) is 18.4 Å². The van der Waals surface area contributed by atoms with Crippen LogP contribution in [0.2, 0.25) is 0 Å². The summed E-state index contributed by atoms with van der Waals surface area (Å²) in [5.41, 5.74) is 1.41. The molecule has 2 atom stereocenters. The van der Waals surface area contributed by atoms with Crippen LogP contribution in [0.4, 0.5) is 0 Å². The number of aromatic hydroxyl groups is 1. The number of benzene rings is 1. The van der Waals surface area contributed by atoms with Gasteiger partial charge >= 0.3 is 0 Å². The van der Waals surface area contributed by atoms with Gasteiger partial charge in [-0.2, -0.15) is 0 Å². The molecule has 21 heavy (non-hydrogen) atoms. The molecule has 2 fully saturated rings. The third-order valence-electron chi connectivity index (χ3n) is 4.70. The van der Waals surface area contributed by atoms with Gasteiger partial charge in [0.05, 0.1) is 5.56 Å². The normalized spacial score (nSPS) is 27.0. The van der Waals surface area contributed by atoms with E-state index in [0.29, 0.717) is 17.6 Å². The Morgan fingerprint density at radius 3 is 2.52 bits per heavy atom. The topological polar surface area (TPSA) is 52.6 Å². The summed E-state index contributed by atoms with van der Waals surface area (Å²) >= 11 is 0. The van der Waals surface area contributed by atoms with Gasteiger partial charge in [0.25, 0.3) is 5.91 Å². The Balaban J connectivity index is 0.00000161. The van der Waals surface area contributed by atoms with Crippen LogP contribution >= 0.6 is 12.4 Å². The van der Waals surface area contributed by atoms with Crippen LogP contribution in [0.15, 0.2) is 18.2 Å². The summed E-state index contributed by atoms with van der Waals surface area (Å²) < 4.78 is 0. The maximum Gasteiger partial charge on any atom is 0.257 e. The number of nitrogens with one attached hydrogen (secondary N) is 1. The van der Waals surface area contributed by atoms with Gasteiger partial charge in [0.15, 0.2) is 0 Å². The van der Waals surface area contributed by atoms with Gasteiger partial charge in [-0.25, -0.2) is 0 Å². The minimum absolute atomic E-state index is 0. The molecule has 2 bridgehead atoms. The van der Waals surface area contributed by atoms with Gasteiger partial charge in [-0.1, -0.05) is 11.6 Å². The second-order valence-corrected chi connectivity index (χ2v) is 6.20. The molecule has 0 spiro atoms. The largest absolute Gasteiger partial charge is 0.507 e. The first-order valence-corrected chi connectivity index (χ1v) is 7.37. The monoisotopic (exact) mass is 310 g/mol. The summed E-state index contributed by atoms with van der Waals surface area (Å²) in [6.45, 7) is 1.93. The third-order valence-corrected chi connectivity index (χ3v) is 4.70. The van der Waals surface area contributed by atoms with E-state index in [-0.39, 0.29) is 30.1 Å². The summed E-state index contributed by atoms with van der Waals surface area (Å²) in [4.78, 5) is 14.4. The number of carbonyl (C=O) groups is 1. The number of hydrogen-bond acceptors (Lipinski definition) is 3. The van der Waals surface area contributed by atoms with Crippen LogP contribution in [-0.2, 0) is 0 Å². The predicted octanol–water partition coefficient (Wildman–Crippen LogP) is 2.48. The molecule has 1 amide bonds. The first-order valence-electron chi connectivity index (χ1n) is 7.37. The van der Waals surface area contributed by atoms with Crippen molar-refractivity contribution in [1.29, 1.82) is 0 Å². The van der Waals surface area contributed by atoms with E-state index < -0.39 is 0 Å². The van der Waals surface area contributed by atoms with Gasteiger partial charge in [-0.3, -0.25) is 4.79 Å². The fraction of sp³-hybridized carbons (Fsp3) is 0.562. The number of piperidine rings is 1. The Morgan fingerprint density at radius 1 is 1.29 bits per heavy atom. The fourth-order valence-electron chi connectivity index (χ4n) is 3.52. The molecule has 0 aromatic heterocycles. The molecule has 2 N–H and O–H groups in total. The number of nitrogens with zero attached hydrogens (tertiary/aromatic N) is 1. The van der Waals surface area contributed by atoms with Crippen LogP contribution in [-0.4, -0.2) is 41.1 Å². The molecule has 2 saturated heterocycles. The van der Waals surface area contributed by atoms with Crippen LogP contribution < -0.4 is 5.32 Å². The van der Waals surface area contributed by atoms with E-state index in [1.165, 1.54) is 12.8 Å². The lowest BCUT2D eigenvalue weighted by Crippen LogP contribution is -2.48. The van der Waals surface area contributed by atoms with E-state index in [1.807, 2.05) is 24.9 Å². The van der Waals surface area contributed by atoms with Crippen molar-refractivity contribution in [1.82, 2.24) is 10.2 Å². The standard InChI is InChI=1S/C16H22N2O2.ClH/c1-10-3-6-15(19)14(7-10)16(20)18(2)13-8-11-4-5-12(9-13)17-11;/h3,6-7,11-13,17,19H,4-5,8-9H2,1-2H3;1H. The maximum atomic E-state index is 12.6. The Bertz CT molecular complexity index is 523. The summed E-state index contributed by atoms with van der Waals surface area (Å²) in [5.74, 6) is 0.00172. The van der Waals surface area contributed by atoms with E-state index in [2.05, 4.69) is 5.32 Å². The summed E-state index contributed by atoms with van der Waals surface area (Å²) in [5, 5.41) is 13.5. The molecule has 2 aliphatic rings. The second-order valence-electron chi connectivity index (χ2n) is 6.20. The molecule has 0 radical (unpaired) electrons. The average Bonchev–Trinajstić information content (AvgIpc) is 2.78. The molecule has 1 aromatic rings. The predicted molar refractivity (Wildman–Crippen MR) is 85.2 cm³/mol. The molecular formula is C16H23ClN2O2. The van der Waals surface area contributed by atoms with Gasteiger partial charge in [0.2, 0.25) is 0 Å². The van der Waals surface area contributed by atoms with E-state index in [9.17, 15) is 9.90 Å². The van der Waals surface area contributed by atoms with Crippen LogP contribution in [0.5, 0.6) is 5.75 Å². The van der Waals surface area contributed by atoms with E-state index in [1.54, 1.807) is 12.1 Å². The van der Waals surface area contributed by atoms with Gasteiger partial charge in [-0.15, -0.1) is 12.4 Å². The first kappa shape index (κ1) is 16.1. The van der Waals surface area contributed by atoms with Crippen molar-refractivity contribution in [2.45, 2.75) is 50.7 Å². The molecule has 5 heteroatoms. The lowest BCUT2D eigenvalue weighted by molar-refractivity contribution is 0.0678. The van der Waals surface area contributed by atoms with Crippen molar-refractivity contribution in [3.63, 3.8) is 0 Å². The zero-order valence-electron chi connectivity index (χ0n) is 12.5. The Hall–Kier alpha value is -1.26. The van der Waals surface area contributed by atoms with Crippen molar-refractivity contribution in [3.8, 4) is 5.75 Å². The maximum absolute atomic E-state index is 12.6. The second kappa shape index (κ2) is 6.24. The Morgan fingerprint density at radius 2 is 1.90 bits per heavy atom. The van der Waals surface area contributed by atoms with Crippen molar-refractivity contribution < 1.29 is 9.90 Å². The Labute approximate surface area is 131 Å². The molecule has 1 aromatic carbocycles. The highest BCUT2D eigenvalue weighted by molar-refractivity contribution is 5.97. The lowest BCUT2D eigenvalue weighted by Gasteiger charge is -2.35. The highest BCUT2D eigenvalue weighted by Crippen LogP contribution is 2.30. The Kier molecular flexibility index (Phi) is 4.79. The zero-order valence-corrected chi connectivity index (χ0v) is 13.3.